The van der Waals surface area contributed by atoms with Gasteiger partial charge in [-0.1, -0.05) is 12.8 Å². The highest BCUT2D eigenvalue weighted by molar-refractivity contribution is 8.93. The Morgan fingerprint density at radius 1 is 1.09 bits per heavy atom. The molecule has 1 aliphatic rings. The minimum absolute atomic E-state index is 0. The van der Waals surface area contributed by atoms with Crippen molar-refractivity contribution in [1.29, 1.82) is 0 Å². The molecule has 0 aromatic rings. The lowest BCUT2D eigenvalue weighted by molar-refractivity contribution is 0.412. The van der Waals surface area contributed by atoms with Crippen molar-refractivity contribution < 1.29 is 0 Å². The van der Waals surface area contributed by atoms with Gasteiger partial charge in [-0.3, -0.25) is 0 Å². The summed E-state index contributed by atoms with van der Waals surface area (Å²) in [5, 5.41) is 0. The second-order valence-corrected chi connectivity index (χ2v) is 3.11. The summed E-state index contributed by atoms with van der Waals surface area (Å²) >= 11 is 0. The van der Waals surface area contributed by atoms with Gasteiger partial charge >= 0.3 is 0 Å². The molecule has 0 bridgehead atoms. The van der Waals surface area contributed by atoms with Gasteiger partial charge in [0.1, 0.15) is 0 Å². The van der Waals surface area contributed by atoms with Crippen molar-refractivity contribution in [3.05, 3.63) is 0 Å². The Balaban J connectivity index is 0. The molecule has 0 aromatic carbocycles. The van der Waals surface area contributed by atoms with E-state index in [1.165, 1.54) is 25.7 Å². The number of hydrogen-bond donors (Lipinski definition) is 2. The molecule has 1 aliphatic carbocycles. The van der Waals surface area contributed by atoms with Gasteiger partial charge in [0, 0.05) is 5.54 Å². The van der Waals surface area contributed by atoms with E-state index < -0.39 is 0 Å². The summed E-state index contributed by atoms with van der Waals surface area (Å²) in [6.45, 7) is 0.747. The molecular formula is C7H18Br2N2. The standard InChI is InChI=1S/C7H16N2.2BrH/c8-6-5-7(9)3-1-2-4-7;;/h1-6,8-9H2;2*1H. The number of nitrogens with two attached hydrogens (primary N) is 2. The molecule has 0 aromatic heterocycles. The summed E-state index contributed by atoms with van der Waals surface area (Å²) in [5.41, 5.74) is 11.5. The van der Waals surface area contributed by atoms with Gasteiger partial charge in [0.15, 0.2) is 0 Å². The fraction of sp³-hybridized carbons (Fsp3) is 1.00. The highest BCUT2D eigenvalue weighted by atomic mass is 79.9. The first kappa shape index (κ1) is 14.4. The first-order chi connectivity index (χ1) is 4.27. The van der Waals surface area contributed by atoms with Gasteiger partial charge in [0.25, 0.3) is 0 Å². The van der Waals surface area contributed by atoms with Crippen LogP contribution >= 0.6 is 34.0 Å². The average Bonchev–Trinajstić information content (AvgIpc) is 2.16. The molecule has 0 aliphatic heterocycles. The van der Waals surface area contributed by atoms with E-state index >= 15 is 0 Å². The van der Waals surface area contributed by atoms with Crippen molar-refractivity contribution in [2.45, 2.75) is 37.6 Å². The van der Waals surface area contributed by atoms with Crippen molar-refractivity contribution in [1.82, 2.24) is 0 Å². The van der Waals surface area contributed by atoms with Crippen LogP contribution in [-0.2, 0) is 0 Å². The number of rotatable bonds is 2. The van der Waals surface area contributed by atoms with E-state index in [1.54, 1.807) is 0 Å². The molecule has 0 unspecified atom stereocenters. The van der Waals surface area contributed by atoms with Gasteiger partial charge in [0.2, 0.25) is 0 Å². The van der Waals surface area contributed by atoms with E-state index in [-0.39, 0.29) is 39.5 Å². The molecule has 0 heterocycles. The van der Waals surface area contributed by atoms with Gasteiger partial charge in [-0.25, -0.2) is 0 Å². The Morgan fingerprint density at radius 2 is 1.55 bits per heavy atom. The van der Waals surface area contributed by atoms with E-state index in [0.29, 0.717) is 0 Å². The van der Waals surface area contributed by atoms with E-state index in [1.807, 2.05) is 0 Å². The Bertz CT molecular complexity index is 92.4. The third kappa shape index (κ3) is 4.45. The van der Waals surface area contributed by atoms with Crippen molar-refractivity contribution in [2.24, 2.45) is 11.5 Å². The fourth-order valence-electron chi connectivity index (χ4n) is 1.62. The van der Waals surface area contributed by atoms with Crippen LogP contribution in [0.25, 0.3) is 0 Å². The predicted octanol–water partition coefficient (Wildman–Crippen LogP) is 1.76. The van der Waals surface area contributed by atoms with Crippen LogP contribution in [0, 0.1) is 0 Å². The summed E-state index contributed by atoms with van der Waals surface area (Å²) in [7, 11) is 0. The largest absolute Gasteiger partial charge is 0.330 e. The summed E-state index contributed by atoms with van der Waals surface area (Å²) in [6.07, 6.45) is 5.98. The van der Waals surface area contributed by atoms with Crippen molar-refractivity contribution >= 4 is 34.0 Å². The fourth-order valence-corrected chi connectivity index (χ4v) is 1.62. The molecular weight excluding hydrogens is 272 g/mol. The molecule has 70 valence electrons. The van der Waals surface area contributed by atoms with Crippen LogP contribution in [0.2, 0.25) is 0 Å². The van der Waals surface area contributed by atoms with Gasteiger partial charge in [0.05, 0.1) is 0 Å². The lowest BCUT2D eigenvalue weighted by Gasteiger charge is -2.21. The molecule has 1 saturated carbocycles. The zero-order valence-corrected chi connectivity index (χ0v) is 10.1. The molecule has 2 nitrogen and oxygen atoms in total. The first-order valence-corrected chi connectivity index (χ1v) is 3.76. The Morgan fingerprint density at radius 3 is 1.91 bits per heavy atom. The lowest BCUT2D eigenvalue weighted by Crippen LogP contribution is -2.38. The summed E-state index contributed by atoms with van der Waals surface area (Å²) in [5.74, 6) is 0. The molecule has 0 saturated heterocycles. The number of halogens is 2. The second kappa shape index (κ2) is 6.40. The predicted molar refractivity (Wildman–Crippen MR) is 59.7 cm³/mol. The molecule has 11 heavy (non-hydrogen) atoms. The normalized spacial score (nSPS) is 20.2. The van der Waals surface area contributed by atoms with Crippen LogP contribution in [0.1, 0.15) is 32.1 Å². The molecule has 0 atom stereocenters. The van der Waals surface area contributed by atoms with Gasteiger partial charge < -0.3 is 11.5 Å². The maximum Gasteiger partial charge on any atom is 0.0166 e. The molecule has 4 N–H and O–H groups in total. The monoisotopic (exact) mass is 288 g/mol. The van der Waals surface area contributed by atoms with Gasteiger partial charge in [-0.15, -0.1) is 34.0 Å². The van der Waals surface area contributed by atoms with Crippen LogP contribution in [0.4, 0.5) is 0 Å². The molecule has 4 heteroatoms. The highest BCUT2D eigenvalue weighted by Gasteiger charge is 2.27. The van der Waals surface area contributed by atoms with Gasteiger partial charge in [-0.2, -0.15) is 0 Å². The minimum atomic E-state index is 0. The molecule has 1 rings (SSSR count). The molecule has 1 fully saturated rings. The summed E-state index contributed by atoms with van der Waals surface area (Å²) in [6, 6.07) is 0. The van der Waals surface area contributed by atoms with E-state index in [9.17, 15) is 0 Å². The zero-order chi connectivity index (χ0) is 6.74. The lowest BCUT2D eigenvalue weighted by atomic mass is 9.95. The van der Waals surface area contributed by atoms with Gasteiger partial charge in [-0.05, 0) is 25.8 Å². The summed E-state index contributed by atoms with van der Waals surface area (Å²) < 4.78 is 0. The SMILES string of the molecule is Br.Br.NCCC1(N)CCCC1. The van der Waals surface area contributed by atoms with E-state index in [0.717, 1.165) is 13.0 Å². The first-order valence-electron chi connectivity index (χ1n) is 3.76. The average molecular weight is 290 g/mol. The van der Waals surface area contributed by atoms with E-state index in [4.69, 9.17) is 11.5 Å². The maximum absolute atomic E-state index is 5.99. The molecule has 0 amide bonds. The van der Waals surface area contributed by atoms with Crippen molar-refractivity contribution in [2.75, 3.05) is 6.54 Å². The van der Waals surface area contributed by atoms with Crippen molar-refractivity contribution in [3.8, 4) is 0 Å². The van der Waals surface area contributed by atoms with Crippen LogP contribution in [0.15, 0.2) is 0 Å². The summed E-state index contributed by atoms with van der Waals surface area (Å²) in [4.78, 5) is 0. The second-order valence-electron chi connectivity index (χ2n) is 3.11. The highest BCUT2D eigenvalue weighted by Crippen LogP contribution is 2.29. The third-order valence-electron chi connectivity index (χ3n) is 2.24. The quantitative estimate of drug-likeness (QED) is 0.814. The van der Waals surface area contributed by atoms with Crippen LogP contribution in [0.3, 0.4) is 0 Å². The smallest absolute Gasteiger partial charge is 0.0166 e. The zero-order valence-electron chi connectivity index (χ0n) is 6.71. The third-order valence-corrected chi connectivity index (χ3v) is 2.24. The minimum Gasteiger partial charge on any atom is -0.330 e. The van der Waals surface area contributed by atoms with Crippen LogP contribution in [-0.4, -0.2) is 12.1 Å². The van der Waals surface area contributed by atoms with E-state index in [2.05, 4.69) is 0 Å². The Hall–Kier alpha value is 0.880. The Kier molecular flexibility index (Phi) is 8.38. The number of hydrogen-bond acceptors (Lipinski definition) is 2. The van der Waals surface area contributed by atoms with Crippen molar-refractivity contribution in [3.63, 3.8) is 0 Å². The topological polar surface area (TPSA) is 52.0 Å². The Labute approximate surface area is 89.6 Å². The molecule has 0 radical (unpaired) electrons. The maximum atomic E-state index is 5.99. The van der Waals surface area contributed by atoms with Crippen LogP contribution < -0.4 is 11.5 Å². The molecule has 0 spiro atoms. The van der Waals surface area contributed by atoms with Crippen LogP contribution in [0.5, 0.6) is 0 Å².